The molecule has 1 aliphatic rings. The molecule has 2 nitrogen and oxygen atoms in total. The number of hydrogen-bond donors (Lipinski definition) is 0. The van der Waals surface area contributed by atoms with Gasteiger partial charge in [0.25, 0.3) is 0 Å². The minimum atomic E-state index is 0.201. The Kier molecular flexibility index (Phi) is 5.55. The van der Waals surface area contributed by atoms with Crippen LogP contribution < -0.4 is 4.74 Å². The van der Waals surface area contributed by atoms with Gasteiger partial charge in [-0.2, -0.15) is 0 Å². The lowest BCUT2D eigenvalue weighted by Gasteiger charge is -2.33. The van der Waals surface area contributed by atoms with Crippen LogP contribution in [0, 0.1) is 5.41 Å². The minimum absolute atomic E-state index is 0.201. The Morgan fingerprint density at radius 2 is 1.55 bits per heavy atom. The Labute approximate surface area is 136 Å². The average molecular weight is 303 g/mol. The van der Waals surface area contributed by atoms with Crippen LogP contribution in [0.2, 0.25) is 0 Å². The predicted molar refractivity (Wildman–Crippen MR) is 94.7 cm³/mol. The van der Waals surface area contributed by atoms with Gasteiger partial charge in [0.2, 0.25) is 0 Å². The van der Waals surface area contributed by atoms with Crippen LogP contribution in [0.4, 0.5) is 0 Å². The molecular formula is C20H33NO. The van der Waals surface area contributed by atoms with Gasteiger partial charge < -0.3 is 4.74 Å². The number of rotatable bonds is 6. The maximum Gasteiger partial charge on any atom is 0.119 e. The Morgan fingerprint density at radius 1 is 0.955 bits per heavy atom. The lowest BCUT2D eigenvalue weighted by atomic mass is 9.72. The molecule has 0 N–H and O–H groups in total. The molecule has 2 rings (SSSR count). The highest BCUT2D eigenvalue weighted by atomic mass is 16.5. The average Bonchev–Trinajstić information content (AvgIpc) is 2.90. The zero-order chi connectivity index (χ0) is 16.2. The second-order valence-corrected chi connectivity index (χ2v) is 8.54. The standard InChI is InChI=1S/C20H33NO/c1-19(2,3)16-20(4,5)17-8-10-18(11-9-17)22-15-14-21-12-6-7-13-21/h8-11H,6-7,12-16H2,1-5H3. The topological polar surface area (TPSA) is 12.5 Å². The van der Waals surface area contributed by atoms with Crippen molar-refractivity contribution in [2.24, 2.45) is 5.41 Å². The van der Waals surface area contributed by atoms with Crippen LogP contribution in [0.5, 0.6) is 5.75 Å². The van der Waals surface area contributed by atoms with Crippen LogP contribution in [-0.2, 0) is 5.41 Å². The molecule has 0 bridgehead atoms. The molecule has 1 aromatic carbocycles. The molecule has 0 unspecified atom stereocenters. The molecule has 1 heterocycles. The highest BCUT2D eigenvalue weighted by Gasteiger charge is 2.27. The van der Waals surface area contributed by atoms with Crippen molar-refractivity contribution in [3.05, 3.63) is 29.8 Å². The smallest absolute Gasteiger partial charge is 0.119 e. The van der Waals surface area contributed by atoms with Crippen LogP contribution >= 0.6 is 0 Å². The summed E-state index contributed by atoms with van der Waals surface area (Å²) in [6, 6.07) is 8.72. The van der Waals surface area contributed by atoms with Crippen LogP contribution in [0.15, 0.2) is 24.3 Å². The molecule has 0 radical (unpaired) electrons. The number of benzene rings is 1. The van der Waals surface area contributed by atoms with Gasteiger partial charge in [0.05, 0.1) is 0 Å². The molecule has 0 amide bonds. The van der Waals surface area contributed by atoms with Crippen LogP contribution in [0.3, 0.4) is 0 Å². The van der Waals surface area contributed by atoms with Crippen molar-refractivity contribution in [2.45, 2.75) is 59.3 Å². The van der Waals surface area contributed by atoms with Crippen molar-refractivity contribution in [3.8, 4) is 5.75 Å². The summed E-state index contributed by atoms with van der Waals surface area (Å²) in [6.07, 6.45) is 3.87. The van der Waals surface area contributed by atoms with Gasteiger partial charge in [-0.25, -0.2) is 0 Å². The Morgan fingerprint density at radius 3 is 2.09 bits per heavy atom. The SMILES string of the molecule is CC(C)(C)CC(C)(C)c1ccc(OCCN2CCCC2)cc1. The van der Waals surface area contributed by atoms with Crippen molar-refractivity contribution >= 4 is 0 Å². The Balaban J connectivity index is 1.86. The van der Waals surface area contributed by atoms with Crippen molar-refractivity contribution in [2.75, 3.05) is 26.2 Å². The third kappa shape index (κ3) is 5.31. The highest BCUT2D eigenvalue weighted by Crippen LogP contribution is 2.36. The monoisotopic (exact) mass is 303 g/mol. The van der Waals surface area contributed by atoms with Crippen LogP contribution in [0.1, 0.15) is 59.4 Å². The summed E-state index contributed by atoms with van der Waals surface area (Å²) in [4.78, 5) is 2.49. The van der Waals surface area contributed by atoms with E-state index in [4.69, 9.17) is 4.74 Å². The van der Waals surface area contributed by atoms with Gasteiger partial charge in [0, 0.05) is 6.54 Å². The first-order chi connectivity index (χ1) is 10.3. The molecule has 0 spiro atoms. The normalized spacial score (nSPS) is 17.0. The summed E-state index contributed by atoms with van der Waals surface area (Å²) >= 11 is 0. The van der Waals surface area contributed by atoms with E-state index in [1.807, 2.05) is 0 Å². The van der Waals surface area contributed by atoms with Gasteiger partial charge >= 0.3 is 0 Å². The third-order valence-electron chi connectivity index (χ3n) is 4.48. The second-order valence-electron chi connectivity index (χ2n) is 8.54. The van der Waals surface area contributed by atoms with Crippen LogP contribution in [0.25, 0.3) is 0 Å². The molecule has 0 saturated carbocycles. The van der Waals surface area contributed by atoms with Gasteiger partial charge in [0.15, 0.2) is 0 Å². The number of likely N-dealkylation sites (tertiary alicyclic amines) is 1. The summed E-state index contributed by atoms with van der Waals surface area (Å²) in [6.45, 7) is 15.9. The van der Waals surface area contributed by atoms with Crippen molar-refractivity contribution in [3.63, 3.8) is 0 Å². The van der Waals surface area contributed by atoms with Gasteiger partial charge in [-0.15, -0.1) is 0 Å². The molecule has 1 aliphatic heterocycles. The highest BCUT2D eigenvalue weighted by molar-refractivity contribution is 5.31. The second kappa shape index (κ2) is 7.04. The van der Waals surface area contributed by atoms with E-state index in [9.17, 15) is 0 Å². The molecule has 0 aromatic heterocycles. The first-order valence-electron chi connectivity index (χ1n) is 8.72. The molecular weight excluding hydrogens is 270 g/mol. The quantitative estimate of drug-likeness (QED) is 0.743. The van der Waals surface area contributed by atoms with Crippen molar-refractivity contribution in [1.29, 1.82) is 0 Å². The van der Waals surface area contributed by atoms with Crippen molar-refractivity contribution in [1.82, 2.24) is 4.90 Å². The summed E-state index contributed by atoms with van der Waals surface area (Å²) in [7, 11) is 0. The van der Waals surface area contributed by atoms with Crippen LogP contribution in [-0.4, -0.2) is 31.1 Å². The fraction of sp³-hybridized carbons (Fsp3) is 0.700. The first-order valence-corrected chi connectivity index (χ1v) is 8.72. The van der Waals surface area contributed by atoms with E-state index in [0.29, 0.717) is 5.41 Å². The lowest BCUT2D eigenvalue weighted by molar-refractivity contribution is 0.237. The van der Waals surface area contributed by atoms with Crippen molar-refractivity contribution < 1.29 is 4.74 Å². The lowest BCUT2D eigenvalue weighted by Crippen LogP contribution is -2.25. The maximum absolute atomic E-state index is 5.89. The molecule has 22 heavy (non-hydrogen) atoms. The van der Waals surface area contributed by atoms with Gasteiger partial charge in [-0.3, -0.25) is 4.90 Å². The van der Waals surface area contributed by atoms with Gasteiger partial charge in [-0.1, -0.05) is 46.8 Å². The third-order valence-corrected chi connectivity index (χ3v) is 4.48. The maximum atomic E-state index is 5.89. The van der Waals surface area contributed by atoms with E-state index in [2.05, 4.69) is 63.8 Å². The minimum Gasteiger partial charge on any atom is -0.492 e. The van der Waals surface area contributed by atoms with E-state index in [-0.39, 0.29) is 5.41 Å². The Bertz CT molecular complexity index is 450. The summed E-state index contributed by atoms with van der Waals surface area (Å²) in [5.74, 6) is 0.995. The first kappa shape index (κ1) is 17.3. The van der Waals surface area contributed by atoms with E-state index in [1.165, 1.54) is 37.9 Å². The van der Waals surface area contributed by atoms with Gasteiger partial charge in [-0.05, 0) is 60.9 Å². The molecule has 0 aliphatic carbocycles. The molecule has 1 saturated heterocycles. The van der Waals surface area contributed by atoms with Gasteiger partial charge in [0.1, 0.15) is 12.4 Å². The largest absolute Gasteiger partial charge is 0.492 e. The molecule has 1 aromatic rings. The molecule has 0 atom stereocenters. The summed E-state index contributed by atoms with van der Waals surface area (Å²) in [5, 5.41) is 0. The fourth-order valence-corrected chi connectivity index (χ4v) is 3.73. The Hall–Kier alpha value is -1.02. The zero-order valence-corrected chi connectivity index (χ0v) is 15.1. The summed E-state index contributed by atoms with van der Waals surface area (Å²) in [5.41, 5.74) is 1.94. The molecule has 1 fully saturated rings. The predicted octanol–water partition coefficient (Wildman–Crippen LogP) is 4.88. The van der Waals surface area contributed by atoms with E-state index < -0.39 is 0 Å². The molecule has 2 heteroatoms. The number of ether oxygens (including phenoxy) is 1. The number of hydrogen-bond acceptors (Lipinski definition) is 2. The molecule has 124 valence electrons. The fourth-order valence-electron chi connectivity index (χ4n) is 3.73. The van der Waals surface area contributed by atoms with E-state index in [0.717, 1.165) is 18.9 Å². The summed E-state index contributed by atoms with van der Waals surface area (Å²) < 4.78 is 5.89. The number of nitrogens with zero attached hydrogens (tertiary/aromatic N) is 1. The van der Waals surface area contributed by atoms with E-state index in [1.54, 1.807) is 0 Å². The van der Waals surface area contributed by atoms with E-state index >= 15 is 0 Å². The zero-order valence-electron chi connectivity index (χ0n) is 15.1.